The Kier molecular flexibility index (Phi) is 4.84. The summed E-state index contributed by atoms with van der Waals surface area (Å²) in [6, 6.07) is 7.45. The van der Waals surface area contributed by atoms with Gasteiger partial charge in [0, 0.05) is 35.0 Å². The second-order valence-corrected chi connectivity index (χ2v) is 9.32. The summed E-state index contributed by atoms with van der Waals surface area (Å²) in [4.78, 5) is 12.2. The summed E-state index contributed by atoms with van der Waals surface area (Å²) in [5, 5.41) is 8.16. The molecular formula is C21H21ClF3N3O3. The monoisotopic (exact) mass is 455 g/mol. The first-order chi connectivity index (χ1) is 14.6. The van der Waals surface area contributed by atoms with Crippen molar-refractivity contribution in [2.75, 3.05) is 6.61 Å². The Balaban J connectivity index is 1.06. The second kappa shape index (κ2) is 7.21. The maximum absolute atomic E-state index is 12.2. The number of carbonyl (C=O) groups is 1. The molecule has 6 nitrogen and oxygen atoms in total. The highest BCUT2D eigenvalue weighted by Gasteiger charge is 2.69. The van der Waals surface area contributed by atoms with E-state index in [4.69, 9.17) is 16.3 Å². The van der Waals surface area contributed by atoms with E-state index in [0.29, 0.717) is 5.02 Å². The van der Waals surface area contributed by atoms with Crippen molar-refractivity contribution in [1.82, 2.24) is 15.1 Å². The van der Waals surface area contributed by atoms with Gasteiger partial charge in [-0.1, -0.05) is 11.6 Å². The van der Waals surface area contributed by atoms with Crippen molar-refractivity contribution in [3.63, 3.8) is 0 Å². The van der Waals surface area contributed by atoms with E-state index in [0.717, 1.165) is 30.5 Å². The van der Waals surface area contributed by atoms with Crippen molar-refractivity contribution < 1.29 is 27.4 Å². The largest absolute Gasteiger partial charge is 0.522 e. The standard InChI is InChI=1S/C21H21ClF3N3O3/c22-14-1-3-15(4-2-14)28-8-13(7-26-28)19-10-20(11-19,12-19)27-18(29)9-30-16-5-17(6-16)31-21(23,24)25/h1-4,7-8,16-17H,5-6,9-12H2,(H,27,29). The third-order valence-corrected chi connectivity index (χ3v) is 6.78. The Hall–Kier alpha value is -2.10. The maximum atomic E-state index is 12.2. The van der Waals surface area contributed by atoms with Gasteiger partial charge in [0.1, 0.15) is 6.61 Å². The molecule has 1 N–H and O–H groups in total. The van der Waals surface area contributed by atoms with Gasteiger partial charge >= 0.3 is 6.36 Å². The van der Waals surface area contributed by atoms with Crippen LogP contribution in [0.4, 0.5) is 13.2 Å². The van der Waals surface area contributed by atoms with Crippen LogP contribution >= 0.6 is 11.6 Å². The number of hydrogen-bond acceptors (Lipinski definition) is 4. The number of halogens is 4. The summed E-state index contributed by atoms with van der Waals surface area (Å²) in [7, 11) is 0. The van der Waals surface area contributed by atoms with E-state index in [2.05, 4.69) is 15.2 Å². The summed E-state index contributed by atoms with van der Waals surface area (Å²) in [5.41, 5.74) is 1.93. The van der Waals surface area contributed by atoms with E-state index in [1.54, 1.807) is 0 Å². The first-order valence-electron chi connectivity index (χ1n) is 10.1. The van der Waals surface area contributed by atoms with E-state index >= 15 is 0 Å². The zero-order valence-electron chi connectivity index (χ0n) is 16.5. The first-order valence-corrected chi connectivity index (χ1v) is 10.5. The quantitative estimate of drug-likeness (QED) is 0.687. The molecule has 166 valence electrons. The lowest BCUT2D eigenvalue weighted by atomic mass is 9.37. The Morgan fingerprint density at radius 1 is 1.19 bits per heavy atom. The van der Waals surface area contributed by atoms with Crippen molar-refractivity contribution in [1.29, 1.82) is 0 Å². The first kappa shape index (κ1) is 20.8. The molecule has 0 atom stereocenters. The minimum atomic E-state index is -4.63. The molecule has 31 heavy (non-hydrogen) atoms. The summed E-state index contributed by atoms with van der Waals surface area (Å²) in [6.07, 6.45) is 0.881. The average Bonchev–Trinajstić information content (AvgIpc) is 3.08. The molecule has 0 radical (unpaired) electrons. The number of aromatic nitrogens is 2. The number of amides is 1. The Morgan fingerprint density at radius 3 is 2.52 bits per heavy atom. The van der Waals surface area contributed by atoms with Crippen LogP contribution in [0, 0.1) is 0 Å². The van der Waals surface area contributed by atoms with Crippen molar-refractivity contribution in [2.45, 2.75) is 61.6 Å². The number of carbonyl (C=O) groups excluding carboxylic acids is 1. The molecule has 4 aliphatic carbocycles. The van der Waals surface area contributed by atoms with E-state index in [9.17, 15) is 18.0 Å². The van der Waals surface area contributed by atoms with Crippen LogP contribution in [-0.2, 0) is 19.7 Å². The fourth-order valence-electron chi connectivity index (χ4n) is 5.02. The van der Waals surface area contributed by atoms with Crippen LogP contribution in [0.5, 0.6) is 0 Å². The summed E-state index contributed by atoms with van der Waals surface area (Å²) < 4.78 is 47.5. The van der Waals surface area contributed by atoms with E-state index in [1.807, 2.05) is 41.3 Å². The van der Waals surface area contributed by atoms with Crippen LogP contribution < -0.4 is 5.32 Å². The topological polar surface area (TPSA) is 65.4 Å². The third-order valence-electron chi connectivity index (χ3n) is 6.52. The minimum absolute atomic E-state index is 0.0505. The van der Waals surface area contributed by atoms with Crippen LogP contribution in [0.15, 0.2) is 36.7 Å². The fourth-order valence-corrected chi connectivity index (χ4v) is 5.15. The zero-order chi connectivity index (χ0) is 21.9. The van der Waals surface area contributed by atoms with E-state index in [-0.39, 0.29) is 42.4 Å². The highest BCUT2D eigenvalue weighted by atomic mass is 35.5. The molecule has 1 amide bonds. The molecule has 2 aromatic rings. The molecule has 4 aliphatic rings. The van der Waals surface area contributed by atoms with Crippen molar-refractivity contribution in [3.05, 3.63) is 47.2 Å². The summed E-state index contributed by atoms with van der Waals surface area (Å²) in [5.74, 6) is -0.231. The predicted molar refractivity (Wildman–Crippen MR) is 105 cm³/mol. The number of ether oxygens (including phenoxy) is 2. The van der Waals surface area contributed by atoms with Gasteiger partial charge in [-0.2, -0.15) is 5.10 Å². The second-order valence-electron chi connectivity index (χ2n) is 8.88. The number of alkyl halides is 3. The molecule has 0 unspecified atom stereocenters. The normalized spacial score (nSPS) is 31.4. The van der Waals surface area contributed by atoms with E-state index in [1.165, 1.54) is 0 Å². The van der Waals surface area contributed by atoms with Gasteiger partial charge in [-0.3, -0.25) is 9.53 Å². The molecule has 1 aromatic heterocycles. The Morgan fingerprint density at radius 2 is 1.87 bits per heavy atom. The highest BCUT2D eigenvalue weighted by Crippen LogP contribution is 2.67. The van der Waals surface area contributed by atoms with Crippen LogP contribution in [0.3, 0.4) is 0 Å². The molecule has 0 saturated heterocycles. The Bertz CT molecular complexity index is 966. The number of rotatable bonds is 7. The van der Waals surface area contributed by atoms with Gasteiger partial charge in [-0.05, 0) is 49.1 Å². The molecule has 0 aliphatic heterocycles. The summed E-state index contributed by atoms with van der Waals surface area (Å²) in [6.45, 7) is -0.146. The van der Waals surface area contributed by atoms with Gasteiger partial charge in [0.25, 0.3) is 0 Å². The highest BCUT2D eigenvalue weighted by molar-refractivity contribution is 6.30. The lowest BCUT2D eigenvalue weighted by molar-refractivity contribution is -0.357. The van der Waals surface area contributed by atoms with Crippen LogP contribution in [0.2, 0.25) is 5.02 Å². The molecule has 6 rings (SSSR count). The van der Waals surface area contributed by atoms with Gasteiger partial charge in [0.2, 0.25) is 5.91 Å². The SMILES string of the molecule is O=C(COC1CC(OC(F)(F)F)C1)NC12CC(c3cnn(-c4ccc(Cl)cc4)c3)(C1)C2. The van der Waals surface area contributed by atoms with Crippen LogP contribution in [0.1, 0.15) is 37.7 Å². The van der Waals surface area contributed by atoms with Crippen molar-refractivity contribution in [3.8, 4) is 5.69 Å². The summed E-state index contributed by atoms with van der Waals surface area (Å²) >= 11 is 5.93. The van der Waals surface area contributed by atoms with E-state index < -0.39 is 12.5 Å². The number of nitrogens with one attached hydrogen (secondary N) is 1. The molecule has 10 heteroatoms. The molecule has 1 aromatic carbocycles. The van der Waals surface area contributed by atoms with Crippen molar-refractivity contribution in [2.24, 2.45) is 0 Å². The Labute approximate surface area is 181 Å². The molecule has 0 spiro atoms. The molecular weight excluding hydrogens is 435 g/mol. The van der Waals surface area contributed by atoms with Crippen LogP contribution in [-0.4, -0.2) is 46.4 Å². The van der Waals surface area contributed by atoms with Gasteiger partial charge in [-0.25, -0.2) is 4.68 Å². The molecule has 4 saturated carbocycles. The lowest BCUT2D eigenvalue weighted by Crippen LogP contribution is -2.77. The van der Waals surface area contributed by atoms with Gasteiger partial charge in [0.15, 0.2) is 0 Å². The predicted octanol–water partition coefficient (Wildman–Crippen LogP) is 3.90. The molecule has 1 heterocycles. The average molecular weight is 456 g/mol. The number of hydrogen-bond donors (Lipinski definition) is 1. The maximum Gasteiger partial charge on any atom is 0.522 e. The zero-order valence-corrected chi connectivity index (χ0v) is 17.2. The van der Waals surface area contributed by atoms with Crippen molar-refractivity contribution >= 4 is 17.5 Å². The number of nitrogens with zero attached hydrogens (tertiary/aromatic N) is 2. The number of benzene rings is 1. The van der Waals surface area contributed by atoms with Gasteiger partial charge < -0.3 is 10.1 Å². The lowest BCUT2D eigenvalue weighted by Gasteiger charge is -2.70. The smallest absolute Gasteiger partial charge is 0.368 e. The fraction of sp³-hybridized carbons (Fsp3) is 0.524. The minimum Gasteiger partial charge on any atom is -0.368 e. The van der Waals surface area contributed by atoms with Gasteiger partial charge in [0.05, 0.1) is 24.1 Å². The molecule has 4 fully saturated rings. The van der Waals surface area contributed by atoms with Gasteiger partial charge in [-0.15, -0.1) is 13.2 Å². The molecule has 2 bridgehead atoms. The third kappa shape index (κ3) is 4.06. The van der Waals surface area contributed by atoms with Crippen LogP contribution in [0.25, 0.3) is 5.69 Å².